The molecule has 266 valence electrons. The third-order valence-corrected chi connectivity index (χ3v) is 12.4. The fourth-order valence-corrected chi connectivity index (χ4v) is 9.93. The monoisotopic (exact) mass is 745 g/mol. The Kier molecular flexibility index (Phi) is 7.03. The number of fused-ring (bicyclic) bond motifs is 9. The van der Waals surface area contributed by atoms with Crippen LogP contribution in [0, 0.1) is 0 Å². The van der Waals surface area contributed by atoms with Gasteiger partial charge in [0.1, 0.15) is 0 Å². The summed E-state index contributed by atoms with van der Waals surface area (Å²) in [5, 5.41) is 7.19. The summed E-state index contributed by atoms with van der Waals surface area (Å²) in [6.07, 6.45) is 0. The van der Waals surface area contributed by atoms with Gasteiger partial charge in [-0.1, -0.05) is 152 Å². The maximum atomic E-state index is 5.48. The van der Waals surface area contributed by atoms with E-state index in [9.17, 15) is 0 Å². The van der Waals surface area contributed by atoms with Gasteiger partial charge in [0, 0.05) is 48.1 Å². The van der Waals surface area contributed by atoms with Crippen molar-refractivity contribution in [2.24, 2.45) is 0 Å². The minimum absolute atomic E-state index is 0.607. The van der Waals surface area contributed by atoms with Crippen molar-refractivity contribution in [1.29, 1.82) is 0 Å². The van der Waals surface area contributed by atoms with Crippen molar-refractivity contribution >= 4 is 75.1 Å². The molecule has 0 aliphatic heterocycles. The first-order valence-electron chi connectivity index (χ1n) is 19.1. The Balaban J connectivity index is 1.35. The number of aromatic nitrogens is 5. The molecule has 6 heteroatoms. The molecule has 0 N–H and O–H groups in total. The molecule has 0 aliphatic carbocycles. The molecule has 0 unspecified atom stereocenters. The van der Waals surface area contributed by atoms with Crippen molar-refractivity contribution < 1.29 is 0 Å². The predicted octanol–water partition coefficient (Wildman–Crippen LogP) is 13.4. The Morgan fingerprint density at radius 2 is 0.754 bits per heavy atom. The zero-order valence-corrected chi connectivity index (χ0v) is 31.4. The second-order valence-electron chi connectivity index (χ2n) is 14.4. The van der Waals surface area contributed by atoms with Crippen LogP contribution >= 0.6 is 11.3 Å². The third-order valence-electron chi connectivity index (χ3n) is 11.2. The van der Waals surface area contributed by atoms with E-state index in [0.29, 0.717) is 17.5 Å². The molecule has 0 radical (unpaired) electrons. The van der Waals surface area contributed by atoms with E-state index in [0.717, 1.165) is 50.1 Å². The number of hydrogen-bond donors (Lipinski definition) is 0. The van der Waals surface area contributed by atoms with Crippen molar-refractivity contribution in [1.82, 2.24) is 24.1 Å². The number of hydrogen-bond acceptors (Lipinski definition) is 4. The van der Waals surface area contributed by atoms with E-state index in [1.165, 1.54) is 41.7 Å². The molecule has 4 aromatic heterocycles. The number of nitrogens with zero attached hydrogens (tertiary/aromatic N) is 5. The zero-order valence-electron chi connectivity index (χ0n) is 30.5. The van der Waals surface area contributed by atoms with Crippen LogP contribution in [-0.2, 0) is 0 Å². The van der Waals surface area contributed by atoms with Gasteiger partial charge in [-0.2, -0.15) is 0 Å². The molecule has 12 aromatic rings. The predicted molar refractivity (Wildman–Crippen MR) is 238 cm³/mol. The van der Waals surface area contributed by atoms with E-state index in [1.807, 2.05) is 47.7 Å². The molecular formula is C51H31N5S. The summed E-state index contributed by atoms with van der Waals surface area (Å²) in [6.45, 7) is 0. The standard InChI is InChI=1S/C51H31N5S/c1-3-17-32(18-4-1)49-52-50(33-19-5-2-6-20-33)54-51(53-49)46-44(55-40-26-12-7-21-34(40)35-22-8-13-27-41(35)55)31-39-38-25-11-16-30-45(38)57-48(39)47(46)56-42-28-14-9-23-36(42)37-24-10-15-29-43(37)56/h1-31H. The number of benzene rings is 8. The lowest BCUT2D eigenvalue weighted by Gasteiger charge is -2.21. The molecule has 8 aromatic carbocycles. The van der Waals surface area contributed by atoms with Crippen LogP contribution in [0.3, 0.4) is 0 Å². The van der Waals surface area contributed by atoms with Crippen molar-refractivity contribution in [3.63, 3.8) is 0 Å². The average molecular weight is 746 g/mol. The first-order valence-corrected chi connectivity index (χ1v) is 19.9. The molecule has 0 amide bonds. The first kappa shape index (κ1) is 31.9. The largest absolute Gasteiger partial charge is 0.308 e. The zero-order chi connectivity index (χ0) is 37.5. The molecule has 5 nitrogen and oxygen atoms in total. The second-order valence-corrected chi connectivity index (χ2v) is 15.4. The van der Waals surface area contributed by atoms with Gasteiger partial charge in [0.15, 0.2) is 17.5 Å². The van der Waals surface area contributed by atoms with Crippen LogP contribution in [0.5, 0.6) is 0 Å². The summed E-state index contributed by atoms with van der Waals surface area (Å²) in [4.78, 5) is 16.1. The fraction of sp³-hybridized carbons (Fsp3) is 0. The van der Waals surface area contributed by atoms with Crippen molar-refractivity contribution in [3.05, 3.63) is 188 Å². The van der Waals surface area contributed by atoms with Crippen LogP contribution < -0.4 is 0 Å². The van der Waals surface area contributed by atoms with Crippen molar-refractivity contribution in [2.45, 2.75) is 0 Å². The summed E-state index contributed by atoms with van der Waals surface area (Å²) in [5.74, 6) is 1.85. The van der Waals surface area contributed by atoms with Gasteiger partial charge in [0.25, 0.3) is 0 Å². The quantitative estimate of drug-likeness (QED) is 0.176. The maximum Gasteiger partial charge on any atom is 0.168 e. The lowest BCUT2D eigenvalue weighted by molar-refractivity contribution is 1.06. The Morgan fingerprint density at radius 3 is 1.26 bits per heavy atom. The van der Waals surface area contributed by atoms with E-state index in [2.05, 4.69) is 161 Å². The van der Waals surface area contributed by atoms with Gasteiger partial charge < -0.3 is 9.13 Å². The summed E-state index contributed by atoms with van der Waals surface area (Å²) < 4.78 is 7.29. The van der Waals surface area contributed by atoms with Gasteiger partial charge >= 0.3 is 0 Å². The molecule has 0 spiro atoms. The number of para-hydroxylation sites is 4. The van der Waals surface area contributed by atoms with Gasteiger partial charge in [-0.15, -0.1) is 11.3 Å². The Labute approximate surface area is 331 Å². The van der Waals surface area contributed by atoms with E-state index in [4.69, 9.17) is 15.0 Å². The second kappa shape index (κ2) is 12.6. The molecule has 12 rings (SSSR count). The smallest absolute Gasteiger partial charge is 0.168 e. The maximum absolute atomic E-state index is 5.48. The van der Waals surface area contributed by atoms with Crippen molar-refractivity contribution in [2.75, 3.05) is 0 Å². The lowest BCUT2D eigenvalue weighted by atomic mass is 10.0. The molecule has 0 bridgehead atoms. The van der Waals surface area contributed by atoms with E-state index < -0.39 is 0 Å². The highest BCUT2D eigenvalue weighted by Gasteiger charge is 2.28. The Morgan fingerprint density at radius 1 is 0.351 bits per heavy atom. The van der Waals surface area contributed by atoms with Gasteiger partial charge in [0.2, 0.25) is 0 Å². The van der Waals surface area contributed by atoms with Gasteiger partial charge in [-0.3, -0.25) is 0 Å². The van der Waals surface area contributed by atoms with Crippen molar-refractivity contribution in [3.8, 4) is 45.5 Å². The van der Waals surface area contributed by atoms with Gasteiger partial charge in [-0.25, -0.2) is 15.0 Å². The molecule has 4 heterocycles. The minimum atomic E-state index is 0.607. The van der Waals surface area contributed by atoms with Crippen LogP contribution in [0.1, 0.15) is 0 Å². The van der Waals surface area contributed by atoms with Crippen LogP contribution in [0.2, 0.25) is 0 Å². The molecular weight excluding hydrogens is 715 g/mol. The molecule has 0 saturated heterocycles. The number of thiophene rings is 1. The normalized spacial score (nSPS) is 11.9. The van der Waals surface area contributed by atoms with Gasteiger partial charge in [-0.05, 0) is 36.4 Å². The molecule has 0 atom stereocenters. The SMILES string of the molecule is c1ccc(-c2nc(-c3ccccc3)nc(-c3c(-n4c5ccccc5c5ccccc54)cc4c(sc5ccccc54)c3-n3c4ccccc4c4ccccc43)n2)cc1. The Hall–Kier alpha value is -7.41. The van der Waals surface area contributed by atoms with E-state index in [-0.39, 0.29) is 0 Å². The Bertz CT molecular complexity index is 3360. The molecule has 0 saturated carbocycles. The highest BCUT2D eigenvalue weighted by molar-refractivity contribution is 7.26. The summed E-state index contributed by atoms with van der Waals surface area (Å²) >= 11 is 1.83. The molecule has 0 fully saturated rings. The van der Waals surface area contributed by atoms with Gasteiger partial charge in [0.05, 0.1) is 43.7 Å². The average Bonchev–Trinajstić information content (AvgIpc) is 3.94. The first-order chi connectivity index (χ1) is 28.3. The van der Waals surface area contributed by atoms with Crippen LogP contribution in [0.15, 0.2) is 188 Å². The number of rotatable bonds is 5. The van der Waals surface area contributed by atoms with E-state index >= 15 is 0 Å². The van der Waals surface area contributed by atoms with Crippen LogP contribution in [-0.4, -0.2) is 24.1 Å². The highest BCUT2D eigenvalue weighted by Crippen LogP contribution is 2.49. The molecule has 0 aliphatic rings. The summed E-state index contributed by atoms with van der Waals surface area (Å²) in [7, 11) is 0. The van der Waals surface area contributed by atoms with E-state index in [1.54, 1.807) is 0 Å². The topological polar surface area (TPSA) is 48.5 Å². The molecule has 57 heavy (non-hydrogen) atoms. The lowest BCUT2D eigenvalue weighted by Crippen LogP contribution is -2.08. The summed E-state index contributed by atoms with van der Waals surface area (Å²) in [5.41, 5.74) is 9.33. The third kappa shape index (κ3) is 4.84. The highest BCUT2D eigenvalue weighted by atomic mass is 32.1. The summed E-state index contributed by atoms with van der Waals surface area (Å²) in [6, 6.07) is 66.6. The minimum Gasteiger partial charge on any atom is -0.308 e. The van der Waals surface area contributed by atoms with Crippen LogP contribution in [0.25, 0.3) is 109 Å². The fourth-order valence-electron chi connectivity index (χ4n) is 8.70. The van der Waals surface area contributed by atoms with Crippen LogP contribution in [0.4, 0.5) is 0 Å².